The van der Waals surface area contributed by atoms with E-state index < -0.39 is 5.97 Å². The molecule has 0 fully saturated rings. The average molecular weight is 388 g/mol. The van der Waals surface area contributed by atoms with Crippen molar-refractivity contribution in [2.75, 3.05) is 6.61 Å². The molecule has 0 aliphatic rings. The minimum Gasteiger partial charge on any atom is -0.482 e. The first-order chi connectivity index (χ1) is 14.2. The normalized spacial score (nSPS) is 11.2. The van der Waals surface area contributed by atoms with Crippen LogP contribution in [0.3, 0.4) is 0 Å². The molecule has 0 atom stereocenters. The van der Waals surface area contributed by atoms with Gasteiger partial charge in [-0.15, -0.1) is 0 Å². The molecule has 0 unspecified atom stereocenters. The van der Waals surface area contributed by atoms with Crippen LogP contribution in [-0.2, 0) is 11.2 Å². The standard InChI is InChI=1S/C25H24O4/c1-2-3-4-8-22-21-7-5-6-9-23(21)29-25(22)19-11-10-18-15-20(28-16-24(26)27)13-12-17(18)14-19/h5-7,9-15H,2-4,8,16H2,1H3,(H,26,27). The van der Waals surface area contributed by atoms with Gasteiger partial charge in [0.2, 0.25) is 0 Å². The summed E-state index contributed by atoms with van der Waals surface area (Å²) in [6.45, 7) is 1.87. The van der Waals surface area contributed by atoms with E-state index in [1.165, 1.54) is 23.8 Å². The Balaban J connectivity index is 1.71. The number of aliphatic carboxylic acids is 1. The summed E-state index contributed by atoms with van der Waals surface area (Å²) < 4.78 is 11.5. The number of unbranched alkanes of at least 4 members (excludes halogenated alkanes) is 2. The highest BCUT2D eigenvalue weighted by molar-refractivity contribution is 5.92. The summed E-state index contributed by atoms with van der Waals surface area (Å²) in [5.41, 5.74) is 3.25. The molecule has 0 amide bonds. The van der Waals surface area contributed by atoms with Crippen LogP contribution in [-0.4, -0.2) is 17.7 Å². The Morgan fingerprint density at radius 1 is 1.00 bits per heavy atom. The maximum atomic E-state index is 10.7. The Labute approximate surface area is 169 Å². The zero-order valence-corrected chi connectivity index (χ0v) is 16.5. The van der Waals surface area contributed by atoms with E-state index in [0.717, 1.165) is 40.5 Å². The van der Waals surface area contributed by atoms with Crippen LogP contribution in [0.25, 0.3) is 33.1 Å². The number of benzene rings is 3. The van der Waals surface area contributed by atoms with Crippen molar-refractivity contribution in [3.63, 3.8) is 0 Å². The Hall–Kier alpha value is -3.27. The molecule has 4 rings (SSSR count). The second kappa shape index (κ2) is 8.39. The fourth-order valence-electron chi connectivity index (χ4n) is 3.73. The van der Waals surface area contributed by atoms with E-state index >= 15 is 0 Å². The molecule has 1 heterocycles. The number of carboxylic acids is 1. The van der Waals surface area contributed by atoms with Gasteiger partial charge in [-0.3, -0.25) is 0 Å². The Morgan fingerprint density at radius 3 is 2.62 bits per heavy atom. The molecule has 0 spiro atoms. The third-order valence-corrected chi connectivity index (χ3v) is 5.16. The summed E-state index contributed by atoms with van der Waals surface area (Å²) in [6, 6.07) is 20.1. The SMILES string of the molecule is CCCCCc1c(-c2ccc3cc(OCC(=O)O)ccc3c2)oc2ccccc12. The molecule has 4 nitrogen and oxygen atoms in total. The zero-order valence-electron chi connectivity index (χ0n) is 16.5. The van der Waals surface area contributed by atoms with Crippen molar-refractivity contribution in [3.05, 3.63) is 66.2 Å². The molecule has 1 N–H and O–H groups in total. The average Bonchev–Trinajstić information content (AvgIpc) is 3.10. The number of para-hydroxylation sites is 1. The fraction of sp³-hybridized carbons (Fsp3) is 0.240. The van der Waals surface area contributed by atoms with E-state index in [9.17, 15) is 4.79 Å². The third-order valence-electron chi connectivity index (χ3n) is 5.16. The molecular weight excluding hydrogens is 364 g/mol. The molecule has 148 valence electrons. The van der Waals surface area contributed by atoms with Crippen molar-refractivity contribution in [3.8, 4) is 17.1 Å². The highest BCUT2D eigenvalue weighted by Crippen LogP contribution is 2.36. The minimum atomic E-state index is -0.985. The quantitative estimate of drug-likeness (QED) is 0.352. The number of furan rings is 1. The number of hydrogen-bond acceptors (Lipinski definition) is 3. The van der Waals surface area contributed by atoms with Gasteiger partial charge in [0.25, 0.3) is 0 Å². The minimum absolute atomic E-state index is 0.344. The van der Waals surface area contributed by atoms with E-state index in [1.807, 2.05) is 30.3 Å². The van der Waals surface area contributed by atoms with Crippen LogP contribution in [0, 0.1) is 0 Å². The number of ether oxygens (including phenoxy) is 1. The summed E-state index contributed by atoms with van der Waals surface area (Å²) >= 11 is 0. The number of carbonyl (C=O) groups is 1. The molecule has 0 aliphatic heterocycles. The topological polar surface area (TPSA) is 59.7 Å². The van der Waals surface area contributed by atoms with Crippen molar-refractivity contribution in [2.45, 2.75) is 32.6 Å². The Bertz CT molecular complexity index is 1160. The Kier molecular flexibility index (Phi) is 5.52. The second-order valence-electron chi connectivity index (χ2n) is 7.27. The molecule has 4 heteroatoms. The van der Waals surface area contributed by atoms with E-state index in [0.29, 0.717) is 5.75 Å². The van der Waals surface area contributed by atoms with Gasteiger partial charge in [0.05, 0.1) is 0 Å². The van der Waals surface area contributed by atoms with E-state index in [2.05, 4.69) is 31.2 Å². The third kappa shape index (κ3) is 4.11. The zero-order chi connectivity index (χ0) is 20.2. The molecule has 3 aromatic carbocycles. The highest BCUT2D eigenvalue weighted by atomic mass is 16.5. The van der Waals surface area contributed by atoms with E-state index in [1.54, 1.807) is 6.07 Å². The van der Waals surface area contributed by atoms with Crippen LogP contribution in [0.2, 0.25) is 0 Å². The molecule has 0 bridgehead atoms. The van der Waals surface area contributed by atoms with Crippen molar-refractivity contribution in [1.82, 2.24) is 0 Å². The lowest BCUT2D eigenvalue weighted by molar-refractivity contribution is -0.139. The lowest BCUT2D eigenvalue weighted by Gasteiger charge is -2.07. The molecule has 0 aliphatic carbocycles. The van der Waals surface area contributed by atoms with Gasteiger partial charge >= 0.3 is 5.97 Å². The van der Waals surface area contributed by atoms with Crippen LogP contribution in [0.4, 0.5) is 0 Å². The van der Waals surface area contributed by atoms with Gasteiger partial charge in [0, 0.05) is 16.5 Å². The first kappa shape index (κ1) is 19.1. The van der Waals surface area contributed by atoms with Gasteiger partial charge in [0.1, 0.15) is 17.1 Å². The molecular formula is C25H24O4. The second-order valence-corrected chi connectivity index (χ2v) is 7.27. The summed E-state index contributed by atoms with van der Waals surface area (Å²) in [7, 11) is 0. The van der Waals surface area contributed by atoms with Crippen molar-refractivity contribution in [1.29, 1.82) is 0 Å². The van der Waals surface area contributed by atoms with Crippen molar-refractivity contribution >= 4 is 27.7 Å². The van der Waals surface area contributed by atoms with Crippen LogP contribution in [0.15, 0.2) is 65.1 Å². The van der Waals surface area contributed by atoms with Gasteiger partial charge in [-0.2, -0.15) is 0 Å². The number of carboxylic acid groups (broad SMARTS) is 1. The van der Waals surface area contributed by atoms with Crippen LogP contribution >= 0.6 is 0 Å². The molecule has 0 saturated heterocycles. The summed E-state index contributed by atoms with van der Waals surface area (Å²) in [5, 5.41) is 12.0. The first-order valence-corrected chi connectivity index (χ1v) is 10.0. The predicted molar refractivity (Wildman–Crippen MR) is 116 cm³/mol. The van der Waals surface area contributed by atoms with E-state index in [-0.39, 0.29) is 6.61 Å². The number of fused-ring (bicyclic) bond motifs is 2. The molecule has 29 heavy (non-hydrogen) atoms. The summed E-state index contributed by atoms with van der Waals surface area (Å²) in [4.78, 5) is 10.7. The summed E-state index contributed by atoms with van der Waals surface area (Å²) in [6.07, 6.45) is 4.54. The monoisotopic (exact) mass is 388 g/mol. The van der Waals surface area contributed by atoms with Crippen LogP contribution in [0.5, 0.6) is 5.75 Å². The number of hydrogen-bond donors (Lipinski definition) is 1. The lowest BCUT2D eigenvalue weighted by atomic mass is 9.98. The van der Waals surface area contributed by atoms with Gasteiger partial charge in [-0.05, 0) is 47.9 Å². The number of aryl methyl sites for hydroxylation is 1. The smallest absolute Gasteiger partial charge is 0.341 e. The summed E-state index contributed by atoms with van der Waals surface area (Å²) in [5.74, 6) is 0.507. The first-order valence-electron chi connectivity index (χ1n) is 10.0. The molecule has 1 aromatic heterocycles. The Morgan fingerprint density at radius 2 is 1.79 bits per heavy atom. The predicted octanol–water partition coefficient (Wildman–Crippen LogP) is 6.45. The van der Waals surface area contributed by atoms with Gasteiger partial charge in [0.15, 0.2) is 6.61 Å². The van der Waals surface area contributed by atoms with Crippen LogP contribution in [0.1, 0.15) is 31.7 Å². The maximum Gasteiger partial charge on any atom is 0.341 e. The van der Waals surface area contributed by atoms with Gasteiger partial charge in [-0.1, -0.05) is 56.2 Å². The van der Waals surface area contributed by atoms with Crippen molar-refractivity contribution in [2.24, 2.45) is 0 Å². The molecule has 0 saturated carbocycles. The van der Waals surface area contributed by atoms with Gasteiger partial charge < -0.3 is 14.3 Å². The lowest BCUT2D eigenvalue weighted by Crippen LogP contribution is -2.09. The molecule has 0 radical (unpaired) electrons. The molecule has 4 aromatic rings. The maximum absolute atomic E-state index is 10.7. The highest BCUT2D eigenvalue weighted by Gasteiger charge is 2.16. The fourth-order valence-corrected chi connectivity index (χ4v) is 3.73. The van der Waals surface area contributed by atoms with Crippen molar-refractivity contribution < 1.29 is 19.1 Å². The van der Waals surface area contributed by atoms with E-state index in [4.69, 9.17) is 14.3 Å². The number of rotatable bonds is 8. The largest absolute Gasteiger partial charge is 0.482 e. The van der Waals surface area contributed by atoms with Gasteiger partial charge in [-0.25, -0.2) is 4.79 Å². The van der Waals surface area contributed by atoms with Crippen LogP contribution < -0.4 is 4.74 Å².